The minimum atomic E-state index is 0.195. The molecular formula is C12H14N4O. The van der Waals surface area contributed by atoms with Crippen LogP contribution < -0.4 is 10.5 Å². The fraction of sp³-hybridized carbons (Fsp3) is 0.250. The van der Waals surface area contributed by atoms with Crippen LogP contribution in [0.3, 0.4) is 0 Å². The van der Waals surface area contributed by atoms with Crippen molar-refractivity contribution in [2.75, 3.05) is 5.73 Å². The summed E-state index contributed by atoms with van der Waals surface area (Å²) in [4.78, 5) is 12.2. The first-order valence-electron chi connectivity index (χ1n) is 5.42. The summed E-state index contributed by atoms with van der Waals surface area (Å²) >= 11 is 0. The molecule has 2 rings (SSSR count). The third kappa shape index (κ3) is 2.69. The van der Waals surface area contributed by atoms with Crippen molar-refractivity contribution in [2.24, 2.45) is 0 Å². The van der Waals surface area contributed by atoms with E-state index in [0.717, 1.165) is 17.8 Å². The average molecular weight is 230 g/mol. The normalized spacial score (nSPS) is 10.2. The Morgan fingerprint density at radius 3 is 2.76 bits per heavy atom. The van der Waals surface area contributed by atoms with Crippen molar-refractivity contribution in [3.63, 3.8) is 0 Å². The van der Waals surface area contributed by atoms with Gasteiger partial charge in [-0.15, -0.1) is 0 Å². The molecule has 0 unspecified atom stereocenters. The van der Waals surface area contributed by atoms with Crippen molar-refractivity contribution >= 4 is 5.95 Å². The molecule has 0 aliphatic heterocycles. The van der Waals surface area contributed by atoms with Crippen LogP contribution >= 0.6 is 0 Å². The summed E-state index contributed by atoms with van der Waals surface area (Å²) in [5.41, 5.74) is 7.36. The Bertz CT molecular complexity index is 528. The Labute approximate surface area is 99.7 Å². The Kier molecular flexibility index (Phi) is 3.18. The molecule has 0 bridgehead atoms. The summed E-state index contributed by atoms with van der Waals surface area (Å²) in [7, 11) is 0. The van der Waals surface area contributed by atoms with Gasteiger partial charge in [-0.3, -0.25) is 4.98 Å². The van der Waals surface area contributed by atoms with Crippen molar-refractivity contribution in [3.8, 4) is 11.6 Å². The molecular weight excluding hydrogens is 216 g/mol. The highest BCUT2D eigenvalue weighted by Crippen LogP contribution is 2.23. The van der Waals surface area contributed by atoms with Crippen molar-refractivity contribution < 1.29 is 4.74 Å². The summed E-state index contributed by atoms with van der Waals surface area (Å²) in [6.45, 7) is 3.98. The molecule has 0 saturated heterocycles. The quantitative estimate of drug-likeness (QED) is 0.874. The van der Waals surface area contributed by atoms with Crippen molar-refractivity contribution in [2.45, 2.75) is 20.3 Å². The molecule has 17 heavy (non-hydrogen) atoms. The maximum Gasteiger partial charge on any atom is 0.224 e. The van der Waals surface area contributed by atoms with E-state index in [9.17, 15) is 0 Å². The summed E-state index contributed by atoms with van der Waals surface area (Å²) in [6.07, 6.45) is 2.36. The lowest BCUT2D eigenvalue weighted by Gasteiger charge is -2.09. The number of pyridine rings is 1. The maximum absolute atomic E-state index is 5.64. The predicted octanol–water partition coefficient (Wildman–Crippen LogP) is 2.12. The van der Waals surface area contributed by atoms with Crippen molar-refractivity contribution in [1.29, 1.82) is 0 Å². The highest BCUT2D eigenvalue weighted by atomic mass is 16.5. The molecule has 0 fully saturated rings. The number of hydrogen-bond donors (Lipinski definition) is 1. The van der Waals surface area contributed by atoms with E-state index in [0.29, 0.717) is 11.6 Å². The van der Waals surface area contributed by atoms with E-state index in [1.54, 1.807) is 12.3 Å². The monoisotopic (exact) mass is 230 g/mol. The molecule has 0 amide bonds. The number of aryl methyl sites for hydroxylation is 2. The van der Waals surface area contributed by atoms with Gasteiger partial charge in [0, 0.05) is 18.0 Å². The highest BCUT2D eigenvalue weighted by Gasteiger charge is 2.06. The number of anilines is 1. The summed E-state index contributed by atoms with van der Waals surface area (Å²) in [6, 6.07) is 5.45. The van der Waals surface area contributed by atoms with Gasteiger partial charge in [0.2, 0.25) is 11.8 Å². The van der Waals surface area contributed by atoms with E-state index in [-0.39, 0.29) is 5.95 Å². The predicted molar refractivity (Wildman–Crippen MR) is 64.9 cm³/mol. The van der Waals surface area contributed by atoms with Crippen LogP contribution in [-0.2, 0) is 6.42 Å². The Morgan fingerprint density at radius 1 is 1.24 bits per heavy atom. The molecule has 0 aromatic carbocycles. The standard InChI is InChI=1S/C12H14N4O/c1-3-9-10(5-4-8(2)15-9)17-11-6-7-14-12(13)16-11/h4-7H,3H2,1-2H3,(H2,13,14,16). The van der Waals surface area contributed by atoms with E-state index in [1.165, 1.54) is 0 Å². The van der Waals surface area contributed by atoms with Crippen LogP contribution in [0.15, 0.2) is 24.4 Å². The fourth-order valence-electron chi connectivity index (χ4n) is 1.47. The number of ether oxygens (including phenoxy) is 1. The Balaban J connectivity index is 2.29. The molecule has 0 atom stereocenters. The fourth-order valence-corrected chi connectivity index (χ4v) is 1.47. The minimum Gasteiger partial charge on any atom is -0.437 e. The summed E-state index contributed by atoms with van der Waals surface area (Å²) in [5.74, 6) is 1.33. The van der Waals surface area contributed by atoms with E-state index in [2.05, 4.69) is 15.0 Å². The number of rotatable bonds is 3. The van der Waals surface area contributed by atoms with Crippen molar-refractivity contribution in [1.82, 2.24) is 15.0 Å². The molecule has 88 valence electrons. The number of nitrogens with two attached hydrogens (primary N) is 1. The molecule has 0 aliphatic rings. The second-order valence-electron chi connectivity index (χ2n) is 3.61. The van der Waals surface area contributed by atoms with E-state index in [1.807, 2.05) is 26.0 Å². The van der Waals surface area contributed by atoms with Gasteiger partial charge in [-0.25, -0.2) is 4.98 Å². The molecule has 5 heteroatoms. The molecule has 2 aromatic heterocycles. The largest absolute Gasteiger partial charge is 0.437 e. The van der Waals surface area contributed by atoms with Crippen LogP contribution in [0.4, 0.5) is 5.95 Å². The van der Waals surface area contributed by atoms with Crippen LogP contribution in [0, 0.1) is 6.92 Å². The minimum absolute atomic E-state index is 0.195. The lowest BCUT2D eigenvalue weighted by Crippen LogP contribution is -1.99. The lowest BCUT2D eigenvalue weighted by atomic mass is 10.2. The zero-order chi connectivity index (χ0) is 12.3. The van der Waals surface area contributed by atoms with Crippen molar-refractivity contribution in [3.05, 3.63) is 35.8 Å². The SMILES string of the molecule is CCc1nc(C)ccc1Oc1ccnc(N)n1. The number of nitrogen functional groups attached to an aromatic ring is 1. The van der Waals surface area contributed by atoms with Crippen LogP contribution in [0.25, 0.3) is 0 Å². The molecule has 5 nitrogen and oxygen atoms in total. The number of nitrogens with zero attached hydrogens (tertiary/aromatic N) is 3. The molecule has 0 radical (unpaired) electrons. The third-order valence-electron chi connectivity index (χ3n) is 2.27. The van der Waals surface area contributed by atoms with Gasteiger partial charge in [-0.1, -0.05) is 6.92 Å². The first-order valence-corrected chi connectivity index (χ1v) is 5.42. The van der Waals surface area contributed by atoms with Gasteiger partial charge in [0.15, 0.2) is 5.75 Å². The molecule has 2 aromatic rings. The summed E-state index contributed by atoms with van der Waals surface area (Å²) in [5, 5.41) is 0. The van der Waals surface area contributed by atoms with Gasteiger partial charge >= 0.3 is 0 Å². The van der Waals surface area contributed by atoms with Crippen LogP contribution in [0.1, 0.15) is 18.3 Å². The van der Waals surface area contributed by atoms with Gasteiger partial charge in [0.1, 0.15) is 0 Å². The van der Waals surface area contributed by atoms with Crippen LogP contribution in [-0.4, -0.2) is 15.0 Å². The zero-order valence-corrected chi connectivity index (χ0v) is 9.84. The van der Waals surface area contributed by atoms with Gasteiger partial charge in [0.25, 0.3) is 0 Å². The van der Waals surface area contributed by atoms with Gasteiger partial charge in [-0.05, 0) is 25.5 Å². The molecule has 0 aliphatic carbocycles. The molecule has 2 N–H and O–H groups in total. The molecule has 0 saturated carbocycles. The Morgan fingerprint density at radius 2 is 2.06 bits per heavy atom. The average Bonchev–Trinajstić information content (AvgIpc) is 2.31. The molecule has 0 spiro atoms. The second kappa shape index (κ2) is 4.78. The van der Waals surface area contributed by atoms with E-state index < -0.39 is 0 Å². The zero-order valence-electron chi connectivity index (χ0n) is 9.84. The topological polar surface area (TPSA) is 73.9 Å². The number of aromatic nitrogens is 3. The lowest BCUT2D eigenvalue weighted by molar-refractivity contribution is 0.453. The first-order chi connectivity index (χ1) is 8.19. The first kappa shape index (κ1) is 11.3. The number of hydrogen-bond acceptors (Lipinski definition) is 5. The highest BCUT2D eigenvalue weighted by molar-refractivity contribution is 5.33. The van der Waals surface area contributed by atoms with Gasteiger partial charge in [0.05, 0.1) is 5.69 Å². The van der Waals surface area contributed by atoms with Crippen LogP contribution in [0.5, 0.6) is 11.6 Å². The second-order valence-corrected chi connectivity index (χ2v) is 3.61. The maximum atomic E-state index is 5.64. The Hall–Kier alpha value is -2.17. The van der Waals surface area contributed by atoms with Gasteiger partial charge in [-0.2, -0.15) is 4.98 Å². The van der Waals surface area contributed by atoms with E-state index in [4.69, 9.17) is 10.5 Å². The summed E-state index contributed by atoms with van der Waals surface area (Å²) < 4.78 is 5.64. The van der Waals surface area contributed by atoms with Gasteiger partial charge < -0.3 is 10.5 Å². The third-order valence-corrected chi connectivity index (χ3v) is 2.27. The molecule has 2 heterocycles. The van der Waals surface area contributed by atoms with E-state index >= 15 is 0 Å². The smallest absolute Gasteiger partial charge is 0.224 e. The van der Waals surface area contributed by atoms with Crippen LogP contribution in [0.2, 0.25) is 0 Å².